The smallest absolute Gasteiger partial charge is 0.337 e. The lowest BCUT2D eigenvalue weighted by molar-refractivity contribution is -0.305. The number of amides is 1. The molecule has 1 heterocycles. The Bertz CT molecular complexity index is 1040. The quantitative estimate of drug-likeness (QED) is 0.549. The number of methoxy groups -OCH3 is 1. The van der Waals surface area contributed by atoms with Gasteiger partial charge in [0.15, 0.2) is 0 Å². The van der Waals surface area contributed by atoms with Crippen LogP contribution < -0.4 is 15.7 Å². The second kappa shape index (κ2) is 8.63. The maximum absolute atomic E-state index is 12.4. The van der Waals surface area contributed by atoms with Gasteiger partial charge in [0.1, 0.15) is 0 Å². The minimum atomic E-state index is -1.19. The summed E-state index contributed by atoms with van der Waals surface area (Å²) in [5, 5.41) is 16.8. The molecule has 1 aliphatic heterocycles. The molecule has 0 bridgehead atoms. The van der Waals surface area contributed by atoms with Crippen LogP contribution in [0.25, 0.3) is 0 Å². The maximum atomic E-state index is 12.4. The molecule has 1 aliphatic carbocycles. The molecule has 0 unspecified atom stereocenters. The Morgan fingerprint density at radius 1 is 1.13 bits per heavy atom. The van der Waals surface area contributed by atoms with Crippen LogP contribution in [0.2, 0.25) is 0 Å². The first-order valence-corrected chi connectivity index (χ1v) is 10.2. The predicted octanol–water partition coefficient (Wildman–Crippen LogP) is 2.17. The molecule has 160 valence electrons. The van der Waals surface area contributed by atoms with Gasteiger partial charge in [-0.25, -0.2) is 4.79 Å². The van der Waals surface area contributed by atoms with E-state index in [1.807, 2.05) is 24.3 Å². The summed E-state index contributed by atoms with van der Waals surface area (Å²) in [6.07, 6.45) is 5.02. The van der Waals surface area contributed by atoms with E-state index in [4.69, 9.17) is 4.74 Å². The van der Waals surface area contributed by atoms with Crippen LogP contribution in [-0.2, 0) is 9.53 Å². The summed E-state index contributed by atoms with van der Waals surface area (Å²) in [6, 6.07) is 13.0. The topological polar surface area (TPSA) is 108 Å². The van der Waals surface area contributed by atoms with Crippen LogP contribution in [0.3, 0.4) is 0 Å². The Morgan fingerprint density at radius 2 is 1.87 bits per heavy atom. The van der Waals surface area contributed by atoms with Gasteiger partial charge in [0.2, 0.25) is 0 Å². The molecule has 0 saturated heterocycles. The summed E-state index contributed by atoms with van der Waals surface area (Å²) in [5.41, 5.74) is 4.10. The summed E-state index contributed by atoms with van der Waals surface area (Å²) in [6.45, 7) is 0.0338. The highest BCUT2D eigenvalue weighted by molar-refractivity contribution is 5.95. The van der Waals surface area contributed by atoms with E-state index in [-0.39, 0.29) is 42.7 Å². The van der Waals surface area contributed by atoms with Gasteiger partial charge in [-0.05, 0) is 53.8 Å². The standard InChI is InChI=1S/C24H24N2O5/c1-31-24(30)15-7-5-14(6-8-15)22-18-4-2-3-17(18)19-13-16(9-10-20(19)26-22)23(29)25-12-11-21(27)28/h2-3,5-10,13,17-18,22,26H,4,11-12H2,1H3,(H,25,29)(H,27,28)/p-1/t17-,18-,22+/m0/s1. The van der Waals surface area contributed by atoms with Crippen LogP contribution in [0.5, 0.6) is 0 Å². The summed E-state index contributed by atoms with van der Waals surface area (Å²) in [4.78, 5) is 34.7. The van der Waals surface area contributed by atoms with Crippen molar-refractivity contribution in [3.8, 4) is 0 Å². The number of allylic oxidation sites excluding steroid dienone is 2. The SMILES string of the molecule is COC(=O)c1ccc([C@H]2Nc3ccc(C(=O)NCCC(=O)[O-])cc3[C@H]3C=CC[C@@H]32)cc1. The zero-order valence-corrected chi connectivity index (χ0v) is 17.1. The summed E-state index contributed by atoms with van der Waals surface area (Å²) >= 11 is 0. The third kappa shape index (κ3) is 4.17. The molecule has 3 atom stereocenters. The number of fused-ring (bicyclic) bond motifs is 3. The first-order valence-electron chi connectivity index (χ1n) is 10.2. The van der Waals surface area contributed by atoms with Gasteiger partial charge in [0.25, 0.3) is 5.91 Å². The largest absolute Gasteiger partial charge is 0.550 e. The monoisotopic (exact) mass is 419 g/mol. The number of rotatable bonds is 6. The molecule has 7 heteroatoms. The first-order chi connectivity index (χ1) is 15.0. The molecule has 2 N–H and O–H groups in total. The number of carboxylic acids is 1. The molecule has 0 radical (unpaired) electrons. The minimum absolute atomic E-state index is 0.0338. The summed E-state index contributed by atoms with van der Waals surface area (Å²) in [5.74, 6) is -1.41. The zero-order chi connectivity index (χ0) is 22.0. The average Bonchev–Trinajstić information content (AvgIpc) is 3.28. The number of carbonyl (C=O) groups excluding carboxylic acids is 3. The van der Waals surface area contributed by atoms with Crippen molar-refractivity contribution >= 4 is 23.5 Å². The Hall–Kier alpha value is -3.61. The van der Waals surface area contributed by atoms with Crippen LogP contribution in [-0.4, -0.2) is 31.5 Å². The summed E-state index contributed by atoms with van der Waals surface area (Å²) < 4.78 is 4.77. The van der Waals surface area contributed by atoms with Crippen molar-refractivity contribution in [1.29, 1.82) is 0 Å². The Labute approximate surface area is 180 Å². The highest BCUT2D eigenvalue weighted by Crippen LogP contribution is 2.49. The number of carbonyl (C=O) groups is 3. The number of ether oxygens (including phenoxy) is 1. The van der Waals surface area contributed by atoms with Gasteiger partial charge in [-0.3, -0.25) is 4.79 Å². The molecule has 2 aliphatic rings. The molecule has 4 rings (SSSR count). The third-order valence-corrected chi connectivity index (χ3v) is 5.93. The van der Waals surface area contributed by atoms with Crippen LogP contribution in [0.4, 0.5) is 5.69 Å². The highest BCUT2D eigenvalue weighted by Gasteiger charge is 2.38. The number of aliphatic carboxylic acids is 1. The molecule has 0 saturated carbocycles. The van der Waals surface area contributed by atoms with E-state index < -0.39 is 5.97 Å². The van der Waals surface area contributed by atoms with E-state index in [0.717, 1.165) is 23.2 Å². The van der Waals surface area contributed by atoms with Crippen molar-refractivity contribution in [3.05, 3.63) is 76.9 Å². The predicted molar refractivity (Wildman–Crippen MR) is 113 cm³/mol. The lowest BCUT2D eigenvalue weighted by atomic mass is 9.76. The molecule has 7 nitrogen and oxygen atoms in total. The van der Waals surface area contributed by atoms with Crippen LogP contribution >= 0.6 is 0 Å². The van der Waals surface area contributed by atoms with Crippen molar-refractivity contribution in [3.63, 3.8) is 0 Å². The molecule has 1 amide bonds. The van der Waals surface area contributed by atoms with Crippen molar-refractivity contribution in [2.24, 2.45) is 5.92 Å². The summed E-state index contributed by atoms with van der Waals surface area (Å²) in [7, 11) is 1.36. The molecule has 0 fully saturated rings. The fourth-order valence-corrected chi connectivity index (χ4v) is 4.39. The fraction of sp³-hybridized carbons (Fsp3) is 0.292. The van der Waals surface area contributed by atoms with Gasteiger partial charge in [-0.2, -0.15) is 0 Å². The van der Waals surface area contributed by atoms with Gasteiger partial charge < -0.3 is 25.3 Å². The van der Waals surface area contributed by atoms with Crippen molar-refractivity contribution in [1.82, 2.24) is 5.32 Å². The molecular formula is C24H23N2O5-. The zero-order valence-electron chi connectivity index (χ0n) is 17.1. The normalized spacial score (nSPS) is 20.9. The van der Waals surface area contributed by atoms with E-state index in [9.17, 15) is 19.5 Å². The van der Waals surface area contributed by atoms with E-state index in [1.54, 1.807) is 18.2 Å². The van der Waals surface area contributed by atoms with E-state index in [1.165, 1.54) is 7.11 Å². The van der Waals surface area contributed by atoms with Gasteiger partial charge in [0.05, 0.1) is 18.7 Å². The highest BCUT2D eigenvalue weighted by atomic mass is 16.5. The lowest BCUT2D eigenvalue weighted by Gasteiger charge is -2.37. The van der Waals surface area contributed by atoms with Crippen LogP contribution in [0, 0.1) is 5.92 Å². The van der Waals surface area contributed by atoms with Crippen molar-refractivity contribution < 1.29 is 24.2 Å². The Morgan fingerprint density at radius 3 is 2.58 bits per heavy atom. The lowest BCUT2D eigenvalue weighted by Crippen LogP contribution is -2.32. The molecular weight excluding hydrogens is 396 g/mol. The van der Waals surface area contributed by atoms with E-state index in [2.05, 4.69) is 22.8 Å². The second-order valence-electron chi connectivity index (χ2n) is 7.77. The molecule has 0 spiro atoms. The van der Waals surface area contributed by atoms with Crippen LogP contribution in [0.15, 0.2) is 54.6 Å². The van der Waals surface area contributed by atoms with Gasteiger partial charge in [0, 0.05) is 36.1 Å². The molecule has 0 aromatic heterocycles. The Kier molecular flexibility index (Phi) is 5.75. The van der Waals surface area contributed by atoms with E-state index in [0.29, 0.717) is 11.1 Å². The van der Waals surface area contributed by atoms with Gasteiger partial charge in [-0.15, -0.1) is 0 Å². The number of benzene rings is 2. The average molecular weight is 419 g/mol. The number of hydrogen-bond acceptors (Lipinski definition) is 6. The number of carboxylic acid groups (broad SMARTS) is 1. The number of esters is 1. The van der Waals surface area contributed by atoms with Gasteiger partial charge in [-0.1, -0.05) is 24.3 Å². The van der Waals surface area contributed by atoms with E-state index >= 15 is 0 Å². The number of anilines is 1. The van der Waals surface area contributed by atoms with Crippen molar-refractivity contribution in [2.75, 3.05) is 19.0 Å². The van der Waals surface area contributed by atoms with Crippen LogP contribution in [0.1, 0.15) is 56.6 Å². The molecule has 31 heavy (non-hydrogen) atoms. The second-order valence-corrected chi connectivity index (χ2v) is 7.77. The Balaban J connectivity index is 1.57. The third-order valence-electron chi connectivity index (χ3n) is 5.93. The molecule has 2 aromatic rings. The maximum Gasteiger partial charge on any atom is 0.337 e. The minimum Gasteiger partial charge on any atom is -0.550 e. The fourth-order valence-electron chi connectivity index (χ4n) is 4.39. The number of nitrogens with one attached hydrogen (secondary N) is 2. The van der Waals surface area contributed by atoms with Crippen molar-refractivity contribution in [2.45, 2.75) is 24.8 Å². The number of hydrogen-bond donors (Lipinski definition) is 2. The van der Waals surface area contributed by atoms with Gasteiger partial charge >= 0.3 is 5.97 Å². The molecule has 2 aromatic carbocycles. The first kappa shape index (κ1) is 20.7.